The highest BCUT2D eigenvalue weighted by Gasteiger charge is 2.23. The molecule has 1 N–H and O–H groups in total. The van der Waals surface area contributed by atoms with Crippen molar-refractivity contribution in [3.63, 3.8) is 0 Å². The standard InChI is InChI=1S/C14H18FNO3/c1-4-10(3)16(8-13(17)18)14(19)11-5-9(2)6-12(15)7-11/h5-7,10H,4,8H2,1-3H3,(H,17,18). The summed E-state index contributed by atoms with van der Waals surface area (Å²) in [6.07, 6.45) is 0.632. The molecule has 104 valence electrons. The van der Waals surface area contributed by atoms with Crippen molar-refractivity contribution >= 4 is 11.9 Å². The second kappa shape index (κ2) is 6.31. The van der Waals surface area contributed by atoms with Crippen LogP contribution in [0.5, 0.6) is 0 Å². The van der Waals surface area contributed by atoms with Gasteiger partial charge in [-0.25, -0.2) is 4.39 Å². The molecule has 1 aromatic carbocycles. The molecule has 0 aliphatic rings. The summed E-state index contributed by atoms with van der Waals surface area (Å²) in [4.78, 5) is 24.4. The lowest BCUT2D eigenvalue weighted by atomic mass is 10.1. The zero-order valence-electron chi connectivity index (χ0n) is 11.3. The fraction of sp³-hybridized carbons (Fsp3) is 0.429. The molecule has 0 fully saturated rings. The van der Waals surface area contributed by atoms with Crippen molar-refractivity contribution in [3.8, 4) is 0 Å². The van der Waals surface area contributed by atoms with Crippen LogP contribution in [0.15, 0.2) is 18.2 Å². The normalized spacial score (nSPS) is 12.0. The first kappa shape index (κ1) is 15.1. The molecule has 1 aromatic rings. The Morgan fingerprint density at radius 1 is 1.37 bits per heavy atom. The van der Waals surface area contributed by atoms with Gasteiger partial charge in [-0.15, -0.1) is 0 Å². The van der Waals surface area contributed by atoms with Crippen LogP contribution in [0.2, 0.25) is 0 Å². The van der Waals surface area contributed by atoms with Gasteiger partial charge in [-0.3, -0.25) is 9.59 Å². The number of carboxylic acid groups (broad SMARTS) is 1. The van der Waals surface area contributed by atoms with Gasteiger partial charge in [0.15, 0.2) is 0 Å². The Morgan fingerprint density at radius 2 is 2.00 bits per heavy atom. The number of carbonyl (C=O) groups excluding carboxylic acids is 1. The van der Waals surface area contributed by atoms with Gasteiger partial charge in [0, 0.05) is 11.6 Å². The molecule has 19 heavy (non-hydrogen) atoms. The van der Waals surface area contributed by atoms with Crippen LogP contribution in [0, 0.1) is 12.7 Å². The Morgan fingerprint density at radius 3 is 2.47 bits per heavy atom. The van der Waals surface area contributed by atoms with Gasteiger partial charge in [0.25, 0.3) is 5.91 Å². The smallest absolute Gasteiger partial charge is 0.323 e. The van der Waals surface area contributed by atoms with Gasteiger partial charge in [0.2, 0.25) is 0 Å². The Labute approximate surface area is 111 Å². The summed E-state index contributed by atoms with van der Waals surface area (Å²) in [5.74, 6) is -2.04. The maximum Gasteiger partial charge on any atom is 0.323 e. The lowest BCUT2D eigenvalue weighted by molar-refractivity contribution is -0.138. The van der Waals surface area contributed by atoms with E-state index in [0.717, 1.165) is 6.07 Å². The summed E-state index contributed by atoms with van der Waals surface area (Å²) in [7, 11) is 0. The van der Waals surface area contributed by atoms with Gasteiger partial charge < -0.3 is 10.0 Å². The van der Waals surface area contributed by atoms with Crippen molar-refractivity contribution < 1.29 is 19.1 Å². The highest BCUT2D eigenvalue weighted by molar-refractivity contribution is 5.96. The van der Waals surface area contributed by atoms with E-state index in [1.807, 2.05) is 6.92 Å². The van der Waals surface area contributed by atoms with Gasteiger partial charge in [-0.05, 0) is 44.0 Å². The molecule has 0 saturated carbocycles. The maximum absolute atomic E-state index is 13.3. The zero-order chi connectivity index (χ0) is 14.6. The van der Waals surface area contributed by atoms with Crippen molar-refractivity contribution in [3.05, 3.63) is 35.1 Å². The van der Waals surface area contributed by atoms with Crippen LogP contribution in [0.4, 0.5) is 4.39 Å². The Bertz CT molecular complexity index is 467. The van der Waals surface area contributed by atoms with E-state index in [1.54, 1.807) is 19.9 Å². The predicted molar refractivity (Wildman–Crippen MR) is 69.6 cm³/mol. The van der Waals surface area contributed by atoms with E-state index >= 15 is 0 Å². The van der Waals surface area contributed by atoms with E-state index in [1.165, 1.54) is 11.0 Å². The number of nitrogens with zero attached hydrogens (tertiary/aromatic N) is 1. The van der Waals surface area contributed by atoms with Crippen LogP contribution in [0.25, 0.3) is 0 Å². The quantitative estimate of drug-likeness (QED) is 0.891. The molecule has 4 nitrogen and oxygen atoms in total. The molecule has 0 spiro atoms. The second-order valence-corrected chi connectivity index (χ2v) is 4.60. The van der Waals surface area contributed by atoms with E-state index in [4.69, 9.17) is 5.11 Å². The van der Waals surface area contributed by atoms with Crippen LogP contribution in [0.3, 0.4) is 0 Å². The molecule has 0 radical (unpaired) electrons. The van der Waals surface area contributed by atoms with Crippen LogP contribution < -0.4 is 0 Å². The third-order valence-corrected chi connectivity index (χ3v) is 2.98. The van der Waals surface area contributed by atoms with Gasteiger partial charge >= 0.3 is 5.97 Å². The molecular formula is C14H18FNO3. The predicted octanol–water partition coefficient (Wildman–Crippen LogP) is 2.46. The first-order valence-corrected chi connectivity index (χ1v) is 6.15. The largest absolute Gasteiger partial charge is 0.480 e. The summed E-state index contributed by atoms with van der Waals surface area (Å²) >= 11 is 0. The first-order valence-electron chi connectivity index (χ1n) is 6.15. The van der Waals surface area contributed by atoms with Crippen molar-refractivity contribution in [2.24, 2.45) is 0 Å². The highest BCUT2D eigenvalue weighted by Crippen LogP contribution is 2.14. The number of aryl methyl sites for hydroxylation is 1. The molecule has 1 atom stereocenters. The number of benzene rings is 1. The van der Waals surface area contributed by atoms with E-state index in [0.29, 0.717) is 12.0 Å². The summed E-state index contributed by atoms with van der Waals surface area (Å²) in [6, 6.07) is 3.80. The third kappa shape index (κ3) is 4.05. The van der Waals surface area contributed by atoms with E-state index in [2.05, 4.69) is 0 Å². The van der Waals surface area contributed by atoms with Crippen molar-refractivity contribution in [1.29, 1.82) is 0 Å². The zero-order valence-corrected chi connectivity index (χ0v) is 11.3. The van der Waals surface area contributed by atoms with Crippen molar-refractivity contribution in [1.82, 2.24) is 4.90 Å². The third-order valence-electron chi connectivity index (χ3n) is 2.98. The molecule has 5 heteroatoms. The van der Waals surface area contributed by atoms with Gasteiger partial charge in [-0.1, -0.05) is 6.92 Å². The lowest BCUT2D eigenvalue weighted by Gasteiger charge is -2.27. The minimum absolute atomic E-state index is 0.180. The Kier molecular flexibility index (Phi) is 5.03. The fourth-order valence-electron chi connectivity index (χ4n) is 1.82. The van der Waals surface area contributed by atoms with Crippen molar-refractivity contribution in [2.45, 2.75) is 33.2 Å². The molecule has 0 saturated heterocycles. The minimum Gasteiger partial charge on any atom is -0.480 e. The molecule has 1 rings (SSSR count). The Balaban J connectivity index is 3.07. The number of hydrogen-bond acceptors (Lipinski definition) is 2. The second-order valence-electron chi connectivity index (χ2n) is 4.60. The summed E-state index contributed by atoms with van der Waals surface area (Å²) in [5, 5.41) is 8.87. The van der Waals surface area contributed by atoms with Gasteiger partial charge in [0.05, 0.1) is 0 Å². The number of carboxylic acids is 1. The van der Waals surface area contributed by atoms with Gasteiger partial charge in [0.1, 0.15) is 12.4 Å². The minimum atomic E-state index is -1.08. The highest BCUT2D eigenvalue weighted by atomic mass is 19.1. The molecule has 0 heterocycles. The van der Waals surface area contributed by atoms with Crippen LogP contribution in [0.1, 0.15) is 36.2 Å². The number of amides is 1. The van der Waals surface area contributed by atoms with E-state index in [-0.39, 0.29) is 18.2 Å². The van der Waals surface area contributed by atoms with Crippen molar-refractivity contribution in [2.75, 3.05) is 6.54 Å². The molecule has 0 aromatic heterocycles. The SMILES string of the molecule is CCC(C)N(CC(=O)O)C(=O)c1cc(C)cc(F)c1. The number of rotatable bonds is 5. The summed E-state index contributed by atoms with van der Waals surface area (Å²) in [5.41, 5.74) is 0.807. The maximum atomic E-state index is 13.3. The van der Waals surface area contributed by atoms with Crippen LogP contribution in [-0.4, -0.2) is 34.5 Å². The molecule has 0 aliphatic heterocycles. The lowest BCUT2D eigenvalue weighted by Crippen LogP contribution is -2.41. The fourth-order valence-corrected chi connectivity index (χ4v) is 1.82. The molecule has 0 aliphatic carbocycles. The number of halogens is 1. The number of aliphatic carboxylic acids is 1. The average Bonchev–Trinajstić information content (AvgIpc) is 2.32. The summed E-state index contributed by atoms with van der Waals surface area (Å²) < 4.78 is 13.3. The molecule has 1 unspecified atom stereocenters. The molecular weight excluding hydrogens is 249 g/mol. The topological polar surface area (TPSA) is 57.6 Å². The van der Waals surface area contributed by atoms with E-state index in [9.17, 15) is 14.0 Å². The van der Waals surface area contributed by atoms with Gasteiger partial charge in [-0.2, -0.15) is 0 Å². The van der Waals surface area contributed by atoms with E-state index < -0.39 is 17.7 Å². The van der Waals surface area contributed by atoms with Crippen LogP contribution >= 0.6 is 0 Å². The molecule has 0 bridgehead atoms. The average molecular weight is 267 g/mol. The summed E-state index contributed by atoms with van der Waals surface area (Å²) in [6.45, 7) is 4.94. The van der Waals surface area contributed by atoms with Crippen LogP contribution in [-0.2, 0) is 4.79 Å². The first-order chi connectivity index (χ1) is 8.85. The number of hydrogen-bond donors (Lipinski definition) is 1. The monoisotopic (exact) mass is 267 g/mol. The Hall–Kier alpha value is -1.91. The molecule has 1 amide bonds. The number of carbonyl (C=O) groups is 2.